The van der Waals surface area contributed by atoms with Crippen molar-refractivity contribution >= 4 is 41.7 Å². The zero-order valence-corrected chi connectivity index (χ0v) is 17.8. The molecule has 2 fully saturated rings. The first-order valence-electron chi connectivity index (χ1n) is 8.86. The molecule has 1 unspecified atom stereocenters. The van der Waals surface area contributed by atoms with Crippen LogP contribution in [0.1, 0.15) is 24.8 Å². The van der Waals surface area contributed by atoms with Gasteiger partial charge in [-0.05, 0) is 31.4 Å². The smallest absolute Gasteiger partial charge is 0.227 e. The summed E-state index contributed by atoms with van der Waals surface area (Å²) < 4.78 is 5.57. The number of nitrogens with one attached hydrogen (secondary N) is 2. The Bertz CT molecular complexity index is 629. The first-order chi connectivity index (χ1) is 12.1. The minimum Gasteiger partial charge on any atom is -0.381 e. The molecule has 2 N–H and O–H groups in total. The highest BCUT2D eigenvalue weighted by Crippen LogP contribution is 2.38. The van der Waals surface area contributed by atoms with Crippen LogP contribution in [0.5, 0.6) is 0 Å². The number of nitrogens with zero attached hydrogens (tertiary/aromatic N) is 3. The number of anilines is 1. The van der Waals surface area contributed by atoms with E-state index in [1.165, 1.54) is 0 Å². The quantitative estimate of drug-likeness (QED) is 0.398. The van der Waals surface area contributed by atoms with Crippen LogP contribution < -0.4 is 10.6 Å². The van der Waals surface area contributed by atoms with Crippen molar-refractivity contribution in [3.8, 4) is 0 Å². The summed E-state index contributed by atoms with van der Waals surface area (Å²) in [6, 6.07) is 3.74. The Kier molecular flexibility index (Phi) is 7.63. The van der Waals surface area contributed by atoms with Gasteiger partial charge in [0.05, 0.1) is 6.61 Å². The number of pyridine rings is 1. The van der Waals surface area contributed by atoms with E-state index in [9.17, 15) is 4.79 Å². The van der Waals surface area contributed by atoms with Crippen molar-refractivity contribution in [1.82, 2.24) is 15.2 Å². The number of hydrogen-bond donors (Lipinski definition) is 2. The fourth-order valence-electron chi connectivity index (χ4n) is 3.45. The van der Waals surface area contributed by atoms with Crippen LogP contribution in [0, 0.1) is 12.3 Å². The molecule has 2 saturated heterocycles. The minimum atomic E-state index is -0.0543. The zero-order chi connectivity index (χ0) is 17.7. The van der Waals surface area contributed by atoms with Crippen molar-refractivity contribution in [3.63, 3.8) is 0 Å². The van der Waals surface area contributed by atoms with Gasteiger partial charge in [-0.2, -0.15) is 0 Å². The van der Waals surface area contributed by atoms with E-state index in [1.807, 2.05) is 19.1 Å². The van der Waals surface area contributed by atoms with Crippen LogP contribution in [0.2, 0.25) is 0 Å². The molecule has 0 aromatic carbocycles. The number of carbonyl (C=O) groups is 1. The molecular weight excluding hydrogens is 445 g/mol. The number of halogens is 1. The van der Waals surface area contributed by atoms with Crippen LogP contribution in [0.4, 0.5) is 5.82 Å². The summed E-state index contributed by atoms with van der Waals surface area (Å²) in [6.45, 7) is 6.20. The monoisotopic (exact) mass is 473 g/mol. The second-order valence-corrected chi connectivity index (χ2v) is 6.97. The number of carbonyl (C=O) groups excluding carboxylic acids is 1. The molecule has 144 valence electrons. The lowest BCUT2D eigenvalue weighted by atomic mass is 9.87. The van der Waals surface area contributed by atoms with Crippen LogP contribution >= 0.6 is 24.0 Å². The maximum atomic E-state index is 12.0. The van der Waals surface area contributed by atoms with E-state index in [4.69, 9.17) is 4.74 Å². The lowest BCUT2D eigenvalue weighted by Gasteiger charge is -2.24. The summed E-state index contributed by atoms with van der Waals surface area (Å²) in [7, 11) is 1.79. The number of ether oxygens (including phenoxy) is 1. The van der Waals surface area contributed by atoms with E-state index in [0.717, 1.165) is 50.7 Å². The van der Waals surface area contributed by atoms with Gasteiger partial charge in [0.2, 0.25) is 5.91 Å². The van der Waals surface area contributed by atoms with E-state index in [-0.39, 0.29) is 29.9 Å². The molecule has 1 spiro atoms. The summed E-state index contributed by atoms with van der Waals surface area (Å²) in [4.78, 5) is 22.9. The van der Waals surface area contributed by atoms with Gasteiger partial charge in [0, 0.05) is 51.3 Å². The lowest BCUT2D eigenvalue weighted by molar-refractivity contribution is -0.116. The Balaban J connectivity index is 0.00000243. The zero-order valence-electron chi connectivity index (χ0n) is 15.5. The minimum absolute atomic E-state index is 0. The van der Waals surface area contributed by atoms with Crippen LogP contribution in [0.15, 0.2) is 23.3 Å². The van der Waals surface area contributed by atoms with Gasteiger partial charge in [-0.3, -0.25) is 9.79 Å². The molecule has 8 heteroatoms. The molecule has 0 saturated carbocycles. The van der Waals surface area contributed by atoms with E-state index in [0.29, 0.717) is 24.2 Å². The van der Waals surface area contributed by atoms with Crippen LogP contribution in [0.25, 0.3) is 0 Å². The maximum Gasteiger partial charge on any atom is 0.227 e. The lowest BCUT2D eigenvalue weighted by Crippen LogP contribution is -2.42. The Hall–Kier alpha value is -1.42. The van der Waals surface area contributed by atoms with E-state index < -0.39 is 0 Å². The topological polar surface area (TPSA) is 78.8 Å². The molecule has 3 heterocycles. The Morgan fingerprint density at radius 2 is 2.27 bits per heavy atom. The molecule has 0 bridgehead atoms. The number of rotatable bonds is 4. The predicted molar refractivity (Wildman–Crippen MR) is 113 cm³/mol. The van der Waals surface area contributed by atoms with Gasteiger partial charge in [-0.15, -0.1) is 24.0 Å². The maximum absolute atomic E-state index is 12.0. The van der Waals surface area contributed by atoms with Gasteiger partial charge in [-0.25, -0.2) is 4.98 Å². The van der Waals surface area contributed by atoms with Gasteiger partial charge < -0.3 is 20.3 Å². The standard InChI is InChI=1S/C18H27N5O2.HI/c1-14-3-4-15(21-11-14)22-16(24)5-8-20-17(19-2)23-9-6-18(12-23)7-10-25-13-18;/h3-4,11H,5-10,12-13H2,1-2H3,(H,19,20)(H,21,22,24);1H. The molecule has 1 amide bonds. The van der Waals surface area contributed by atoms with Crippen molar-refractivity contribution in [2.75, 3.05) is 45.2 Å². The van der Waals surface area contributed by atoms with Crippen molar-refractivity contribution in [3.05, 3.63) is 23.9 Å². The molecular formula is C18H28IN5O2. The molecule has 2 aliphatic rings. The molecule has 1 aromatic rings. The number of amides is 1. The number of hydrogen-bond acceptors (Lipinski definition) is 4. The summed E-state index contributed by atoms with van der Waals surface area (Å²) >= 11 is 0. The van der Waals surface area contributed by atoms with Gasteiger partial charge in [0.25, 0.3) is 0 Å². The number of guanidine groups is 1. The predicted octanol–water partition coefficient (Wildman–Crippen LogP) is 2.02. The van der Waals surface area contributed by atoms with E-state index in [2.05, 4.69) is 25.5 Å². The average Bonchev–Trinajstić information content (AvgIpc) is 3.24. The third-order valence-corrected chi connectivity index (χ3v) is 4.95. The van der Waals surface area contributed by atoms with Crippen LogP contribution in [0.3, 0.4) is 0 Å². The number of aromatic nitrogens is 1. The summed E-state index contributed by atoms with van der Waals surface area (Å²) in [5.41, 5.74) is 1.37. The number of likely N-dealkylation sites (tertiary alicyclic amines) is 1. The van der Waals surface area contributed by atoms with Gasteiger partial charge >= 0.3 is 0 Å². The van der Waals surface area contributed by atoms with Crippen molar-refractivity contribution in [1.29, 1.82) is 0 Å². The highest BCUT2D eigenvalue weighted by molar-refractivity contribution is 14.0. The van der Waals surface area contributed by atoms with Crippen molar-refractivity contribution in [2.24, 2.45) is 10.4 Å². The van der Waals surface area contributed by atoms with Gasteiger partial charge in [-0.1, -0.05) is 6.07 Å². The molecule has 1 aromatic heterocycles. The average molecular weight is 473 g/mol. The second-order valence-electron chi connectivity index (χ2n) is 6.97. The van der Waals surface area contributed by atoms with Crippen molar-refractivity contribution in [2.45, 2.75) is 26.2 Å². The third-order valence-electron chi connectivity index (χ3n) is 4.95. The SMILES string of the molecule is CN=C(NCCC(=O)Nc1ccc(C)cn1)N1CCC2(CCOC2)C1.I. The molecule has 2 aliphatic heterocycles. The molecule has 3 rings (SSSR count). The normalized spacial score (nSPS) is 22.4. The number of aliphatic imine (C=N–C) groups is 1. The van der Waals surface area contributed by atoms with Gasteiger partial charge in [0.1, 0.15) is 5.82 Å². The van der Waals surface area contributed by atoms with Crippen LogP contribution in [-0.2, 0) is 9.53 Å². The second kappa shape index (κ2) is 9.50. The molecule has 26 heavy (non-hydrogen) atoms. The Labute approximate surface area is 172 Å². The number of aryl methyl sites for hydroxylation is 1. The Morgan fingerprint density at radius 1 is 1.42 bits per heavy atom. The largest absolute Gasteiger partial charge is 0.381 e. The van der Waals surface area contributed by atoms with E-state index >= 15 is 0 Å². The summed E-state index contributed by atoms with van der Waals surface area (Å²) in [6.07, 6.45) is 4.39. The summed E-state index contributed by atoms with van der Waals surface area (Å²) in [5.74, 6) is 1.40. The first kappa shape index (κ1) is 20.9. The molecule has 1 atom stereocenters. The van der Waals surface area contributed by atoms with Gasteiger partial charge in [0.15, 0.2) is 5.96 Å². The fourth-order valence-corrected chi connectivity index (χ4v) is 3.45. The highest BCUT2D eigenvalue weighted by atomic mass is 127. The summed E-state index contributed by atoms with van der Waals surface area (Å²) in [5, 5.41) is 6.11. The third kappa shape index (κ3) is 5.29. The first-order valence-corrected chi connectivity index (χ1v) is 8.86. The highest BCUT2D eigenvalue weighted by Gasteiger charge is 2.42. The van der Waals surface area contributed by atoms with Crippen molar-refractivity contribution < 1.29 is 9.53 Å². The van der Waals surface area contributed by atoms with E-state index in [1.54, 1.807) is 13.2 Å². The molecule has 7 nitrogen and oxygen atoms in total. The van der Waals surface area contributed by atoms with Crippen LogP contribution in [-0.4, -0.2) is 61.6 Å². The fraction of sp³-hybridized carbons (Fsp3) is 0.611. The molecule has 0 aliphatic carbocycles. The molecule has 0 radical (unpaired) electrons. The Morgan fingerprint density at radius 3 is 2.92 bits per heavy atom.